The van der Waals surface area contributed by atoms with Crippen LogP contribution in [0.2, 0.25) is 0 Å². The number of nitrogens with one attached hydrogen (secondary N) is 2. The van der Waals surface area contributed by atoms with Gasteiger partial charge in [0.05, 0.1) is 9.82 Å². The number of sulfonamides is 1. The molecule has 0 aliphatic heterocycles. The van der Waals surface area contributed by atoms with Gasteiger partial charge in [-0.3, -0.25) is 14.9 Å². The van der Waals surface area contributed by atoms with Crippen molar-refractivity contribution in [1.82, 2.24) is 10.0 Å². The Balaban J connectivity index is 1.78. The first-order chi connectivity index (χ1) is 12.8. The fraction of sp³-hybridized carbons (Fsp3) is 0.167. The molecule has 0 bridgehead atoms. The minimum absolute atomic E-state index is 0.0301. The van der Waals surface area contributed by atoms with E-state index in [2.05, 4.69) is 10.0 Å². The van der Waals surface area contributed by atoms with Crippen molar-refractivity contribution in [3.8, 4) is 0 Å². The third-order valence-electron chi connectivity index (χ3n) is 3.58. The summed E-state index contributed by atoms with van der Waals surface area (Å²) >= 11 is 0. The fourth-order valence-electron chi connectivity index (χ4n) is 2.11. The normalized spacial score (nSPS) is 11.4. The molecule has 0 fully saturated rings. The molecule has 2 aromatic rings. The first kappa shape index (κ1) is 20.3. The van der Waals surface area contributed by atoms with E-state index >= 15 is 0 Å². The lowest BCUT2D eigenvalue weighted by Gasteiger charge is -2.07. The Labute approximate surface area is 157 Å². The summed E-state index contributed by atoms with van der Waals surface area (Å²) in [6.45, 7) is 2.03. The van der Waals surface area contributed by atoms with E-state index < -0.39 is 20.9 Å². The van der Waals surface area contributed by atoms with E-state index in [4.69, 9.17) is 0 Å². The molecule has 8 nitrogen and oxygen atoms in total. The minimum Gasteiger partial charge on any atom is -0.351 e. The van der Waals surface area contributed by atoms with Crippen LogP contribution in [0.3, 0.4) is 0 Å². The number of benzene rings is 2. The number of aryl methyl sites for hydroxylation is 1. The van der Waals surface area contributed by atoms with Crippen molar-refractivity contribution in [2.45, 2.75) is 11.8 Å². The lowest BCUT2D eigenvalue weighted by atomic mass is 10.2. The Bertz CT molecular complexity index is 936. The summed E-state index contributed by atoms with van der Waals surface area (Å²) in [5, 5.41) is 13.1. The average molecular weight is 389 g/mol. The van der Waals surface area contributed by atoms with Crippen LogP contribution in [0.5, 0.6) is 0 Å². The summed E-state index contributed by atoms with van der Waals surface area (Å²) in [5.74, 6) is -0.400. The third-order valence-corrected chi connectivity index (χ3v) is 5.06. The standard InChI is InChI=1S/C18H19N3O5S/c1-14-2-9-17(10-3-14)27(25,26)20-13-12-19-18(22)11-6-15-4-7-16(8-5-15)21(23)24/h2-11,20H,12-13H2,1H3,(H,19,22)/b11-6+. The topological polar surface area (TPSA) is 118 Å². The van der Waals surface area contributed by atoms with Crippen molar-refractivity contribution in [3.63, 3.8) is 0 Å². The maximum atomic E-state index is 12.1. The highest BCUT2D eigenvalue weighted by Crippen LogP contribution is 2.12. The van der Waals surface area contributed by atoms with Crippen LogP contribution in [-0.2, 0) is 14.8 Å². The molecule has 2 aromatic carbocycles. The molecular weight excluding hydrogens is 370 g/mol. The maximum Gasteiger partial charge on any atom is 0.269 e. The molecule has 1 amide bonds. The van der Waals surface area contributed by atoms with Crippen LogP contribution in [0.25, 0.3) is 6.08 Å². The molecule has 0 aromatic heterocycles. The number of nitro benzene ring substituents is 1. The molecule has 2 N–H and O–H groups in total. The highest BCUT2D eigenvalue weighted by Gasteiger charge is 2.12. The zero-order chi connectivity index (χ0) is 19.9. The van der Waals surface area contributed by atoms with Crippen LogP contribution in [0.15, 0.2) is 59.5 Å². The van der Waals surface area contributed by atoms with E-state index in [-0.39, 0.29) is 23.7 Å². The maximum absolute atomic E-state index is 12.1. The van der Waals surface area contributed by atoms with Crippen LogP contribution in [0.1, 0.15) is 11.1 Å². The molecule has 0 spiro atoms. The highest BCUT2D eigenvalue weighted by molar-refractivity contribution is 7.89. The van der Waals surface area contributed by atoms with Gasteiger partial charge in [0.2, 0.25) is 15.9 Å². The number of non-ortho nitro benzene ring substituents is 1. The van der Waals surface area contributed by atoms with Gasteiger partial charge in [-0.2, -0.15) is 0 Å². The van der Waals surface area contributed by atoms with Crippen molar-refractivity contribution in [1.29, 1.82) is 0 Å². The third kappa shape index (κ3) is 6.32. The van der Waals surface area contributed by atoms with Crippen molar-refractivity contribution in [2.75, 3.05) is 13.1 Å². The van der Waals surface area contributed by atoms with Crippen molar-refractivity contribution < 1.29 is 18.1 Å². The molecule has 27 heavy (non-hydrogen) atoms. The first-order valence-electron chi connectivity index (χ1n) is 8.04. The van der Waals surface area contributed by atoms with Gasteiger partial charge in [0, 0.05) is 31.3 Å². The number of carbonyl (C=O) groups excluding carboxylic acids is 1. The zero-order valence-electron chi connectivity index (χ0n) is 14.6. The van der Waals surface area contributed by atoms with Gasteiger partial charge in [-0.1, -0.05) is 17.7 Å². The summed E-state index contributed by atoms with van der Waals surface area (Å²) in [6, 6.07) is 12.2. The molecule has 0 radical (unpaired) electrons. The van der Waals surface area contributed by atoms with E-state index in [1.165, 1.54) is 48.6 Å². The van der Waals surface area contributed by atoms with Crippen molar-refractivity contribution in [2.24, 2.45) is 0 Å². The van der Waals surface area contributed by atoms with E-state index in [0.29, 0.717) is 5.56 Å². The van der Waals surface area contributed by atoms with Gasteiger partial charge in [0.1, 0.15) is 0 Å². The number of amides is 1. The second-order valence-corrected chi connectivity index (χ2v) is 7.45. The summed E-state index contributed by atoms with van der Waals surface area (Å²) in [7, 11) is -3.62. The predicted molar refractivity (Wildman–Crippen MR) is 102 cm³/mol. The molecule has 0 saturated carbocycles. The predicted octanol–water partition coefficient (Wildman–Crippen LogP) is 2.01. The van der Waals surface area contributed by atoms with Crippen LogP contribution < -0.4 is 10.0 Å². The number of hydrogen-bond donors (Lipinski definition) is 2. The van der Waals surface area contributed by atoms with Gasteiger partial charge in [-0.15, -0.1) is 0 Å². The molecule has 2 rings (SSSR count). The van der Waals surface area contributed by atoms with Gasteiger partial charge in [0.15, 0.2) is 0 Å². The second kappa shape index (κ2) is 9.06. The van der Waals surface area contributed by atoms with Gasteiger partial charge < -0.3 is 5.32 Å². The second-order valence-electron chi connectivity index (χ2n) is 5.68. The molecule has 0 aliphatic carbocycles. The van der Waals surface area contributed by atoms with E-state index in [1.807, 2.05) is 6.92 Å². The Hall–Kier alpha value is -3.04. The Kier molecular flexibility index (Phi) is 6.80. The van der Waals surface area contributed by atoms with Crippen LogP contribution in [0.4, 0.5) is 5.69 Å². The zero-order valence-corrected chi connectivity index (χ0v) is 15.4. The summed E-state index contributed by atoms with van der Waals surface area (Å²) in [6.07, 6.45) is 2.78. The molecule has 0 heterocycles. The number of nitro groups is 1. The highest BCUT2D eigenvalue weighted by atomic mass is 32.2. The largest absolute Gasteiger partial charge is 0.351 e. The summed E-state index contributed by atoms with van der Waals surface area (Å²) in [4.78, 5) is 22.0. The Morgan fingerprint density at radius 2 is 1.70 bits per heavy atom. The smallest absolute Gasteiger partial charge is 0.269 e. The molecule has 142 valence electrons. The monoisotopic (exact) mass is 389 g/mol. The van der Waals surface area contributed by atoms with Gasteiger partial charge >= 0.3 is 0 Å². The Morgan fingerprint density at radius 3 is 2.30 bits per heavy atom. The molecule has 0 atom stereocenters. The minimum atomic E-state index is -3.62. The molecule has 0 saturated heterocycles. The van der Waals surface area contributed by atoms with Gasteiger partial charge in [0.25, 0.3) is 5.69 Å². The van der Waals surface area contributed by atoms with Gasteiger partial charge in [-0.25, -0.2) is 13.1 Å². The van der Waals surface area contributed by atoms with Crippen LogP contribution in [0, 0.1) is 17.0 Å². The number of hydrogen-bond acceptors (Lipinski definition) is 5. The number of nitrogens with zero attached hydrogens (tertiary/aromatic N) is 1. The summed E-state index contributed by atoms with van der Waals surface area (Å²) in [5.41, 5.74) is 1.56. The Morgan fingerprint density at radius 1 is 1.07 bits per heavy atom. The molecule has 0 aliphatic rings. The number of carbonyl (C=O) groups is 1. The quantitative estimate of drug-likeness (QED) is 0.310. The van der Waals surface area contributed by atoms with Gasteiger partial charge in [-0.05, 0) is 42.8 Å². The number of rotatable bonds is 8. The van der Waals surface area contributed by atoms with Crippen LogP contribution in [-0.4, -0.2) is 32.3 Å². The molecular formula is C18H19N3O5S. The molecule has 9 heteroatoms. The van der Waals surface area contributed by atoms with Crippen molar-refractivity contribution in [3.05, 3.63) is 75.8 Å². The lowest BCUT2D eigenvalue weighted by Crippen LogP contribution is -2.34. The lowest BCUT2D eigenvalue weighted by molar-refractivity contribution is -0.384. The van der Waals surface area contributed by atoms with E-state index in [1.54, 1.807) is 12.1 Å². The fourth-order valence-corrected chi connectivity index (χ4v) is 3.14. The SMILES string of the molecule is Cc1ccc(S(=O)(=O)NCCNC(=O)/C=C/c2ccc([N+](=O)[O-])cc2)cc1. The summed E-state index contributed by atoms with van der Waals surface area (Å²) < 4.78 is 26.6. The average Bonchev–Trinajstić information content (AvgIpc) is 2.64. The van der Waals surface area contributed by atoms with Crippen molar-refractivity contribution >= 4 is 27.7 Å². The first-order valence-corrected chi connectivity index (χ1v) is 9.53. The molecule has 0 unspecified atom stereocenters. The van der Waals surface area contributed by atoms with E-state index in [9.17, 15) is 23.3 Å². The van der Waals surface area contributed by atoms with E-state index in [0.717, 1.165) is 5.56 Å². The van der Waals surface area contributed by atoms with Crippen LogP contribution >= 0.6 is 0 Å².